The third-order valence-electron chi connectivity index (χ3n) is 4.74. The van der Waals surface area contributed by atoms with E-state index in [1.165, 1.54) is 6.42 Å². The molecule has 0 amide bonds. The molecule has 0 aliphatic heterocycles. The number of hydrogen-bond donors (Lipinski definition) is 2. The summed E-state index contributed by atoms with van der Waals surface area (Å²) in [5, 5.41) is 0. The normalized spacial score (nSPS) is 14.0. The van der Waals surface area contributed by atoms with Crippen LogP contribution in [0.4, 0.5) is 0 Å². The van der Waals surface area contributed by atoms with Gasteiger partial charge in [0.15, 0.2) is 6.10 Å². The van der Waals surface area contributed by atoms with Crippen molar-refractivity contribution in [2.45, 2.75) is 103 Å². The molecule has 0 spiro atoms. The van der Waals surface area contributed by atoms with Crippen molar-refractivity contribution in [3.63, 3.8) is 0 Å². The van der Waals surface area contributed by atoms with Gasteiger partial charge in [-0.15, -0.1) is 0 Å². The zero-order valence-corrected chi connectivity index (χ0v) is 20.8. The monoisotopic (exact) mass is 481 g/mol. The van der Waals surface area contributed by atoms with Gasteiger partial charge in [-0.1, -0.05) is 71.6 Å². The number of hydrogen-bond acceptors (Lipinski definition) is 8. The maximum absolute atomic E-state index is 12.2. The Labute approximate surface area is 193 Å². The molecule has 190 valence electrons. The van der Waals surface area contributed by atoms with E-state index in [4.69, 9.17) is 19.7 Å². The standard InChI is InChI=1S/C22H44NO8P/c1-3-5-7-9-11-13-15-22(25)31-20(19-30-32(26,27)29-17-16-23)18-28-21(24)14-12-10-8-6-4-2/h20H,3-19,23H2,1-2H3,(H,26,27)/t20-/m1/s1. The Balaban J connectivity index is 4.47. The van der Waals surface area contributed by atoms with Crippen LogP contribution in [-0.2, 0) is 32.7 Å². The van der Waals surface area contributed by atoms with Crippen molar-refractivity contribution in [1.29, 1.82) is 0 Å². The fourth-order valence-electron chi connectivity index (χ4n) is 2.92. The molecule has 0 aromatic rings. The lowest BCUT2D eigenvalue weighted by molar-refractivity contribution is -0.161. The molecule has 0 saturated heterocycles. The van der Waals surface area contributed by atoms with Gasteiger partial charge in [0, 0.05) is 19.4 Å². The van der Waals surface area contributed by atoms with Crippen molar-refractivity contribution in [3.05, 3.63) is 0 Å². The Morgan fingerprint density at radius 3 is 1.91 bits per heavy atom. The van der Waals surface area contributed by atoms with Crippen LogP contribution in [-0.4, -0.2) is 49.3 Å². The second-order valence-electron chi connectivity index (χ2n) is 7.86. The van der Waals surface area contributed by atoms with E-state index in [0.717, 1.165) is 57.8 Å². The minimum absolute atomic E-state index is 0.0560. The average Bonchev–Trinajstić information content (AvgIpc) is 2.76. The Bertz CT molecular complexity index is 532. The topological polar surface area (TPSA) is 134 Å². The second-order valence-corrected chi connectivity index (χ2v) is 9.32. The third kappa shape index (κ3) is 19.7. The summed E-state index contributed by atoms with van der Waals surface area (Å²) in [7, 11) is -4.33. The molecule has 0 bridgehead atoms. The number of ether oxygens (including phenoxy) is 2. The first-order chi connectivity index (χ1) is 15.3. The molecule has 0 aliphatic rings. The van der Waals surface area contributed by atoms with Gasteiger partial charge in [-0.2, -0.15) is 0 Å². The molecule has 2 atom stereocenters. The zero-order valence-electron chi connectivity index (χ0n) is 19.9. The predicted octanol–water partition coefficient (Wildman–Crippen LogP) is 4.64. The Kier molecular flexibility index (Phi) is 20.0. The molecular weight excluding hydrogens is 437 g/mol. The van der Waals surface area contributed by atoms with Crippen LogP contribution in [0.15, 0.2) is 0 Å². The van der Waals surface area contributed by atoms with Crippen molar-refractivity contribution in [2.24, 2.45) is 5.73 Å². The van der Waals surface area contributed by atoms with Gasteiger partial charge >= 0.3 is 19.8 Å². The van der Waals surface area contributed by atoms with Crippen LogP contribution in [0.5, 0.6) is 0 Å². The third-order valence-corrected chi connectivity index (χ3v) is 5.73. The number of nitrogens with two attached hydrogens (primary N) is 1. The number of rotatable bonds is 22. The van der Waals surface area contributed by atoms with Crippen LogP contribution in [0, 0.1) is 0 Å². The SMILES string of the molecule is CCCCCCCCC(=O)O[C@H](COC(=O)CCCCCCC)COP(=O)(O)OCCN. The van der Waals surface area contributed by atoms with Crippen LogP contribution in [0.25, 0.3) is 0 Å². The van der Waals surface area contributed by atoms with Gasteiger partial charge in [-0.05, 0) is 12.8 Å². The minimum Gasteiger partial charge on any atom is -0.462 e. The summed E-state index contributed by atoms with van der Waals surface area (Å²) in [6.45, 7) is 3.50. The maximum Gasteiger partial charge on any atom is 0.472 e. The Morgan fingerprint density at radius 1 is 0.812 bits per heavy atom. The van der Waals surface area contributed by atoms with Crippen molar-refractivity contribution in [2.75, 3.05) is 26.4 Å². The summed E-state index contributed by atoms with van der Waals surface area (Å²) in [4.78, 5) is 33.8. The first-order valence-electron chi connectivity index (χ1n) is 12.0. The smallest absolute Gasteiger partial charge is 0.462 e. The molecule has 0 aromatic heterocycles. The Morgan fingerprint density at radius 2 is 1.34 bits per heavy atom. The molecule has 0 fully saturated rings. The summed E-state index contributed by atoms with van der Waals surface area (Å²) in [5.74, 6) is -0.856. The van der Waals surface area contributed by atoms with Crippen LogP contribution >= 0.6 is 7.82 Å². The number of phosphoric ester groups is 1. The number of phosphoric acid groups is 1. The molecule has 9 nitrogen and oxygen atoms in total. The Hall–Kier alpha value is -0.990. The number of unbranched alkanes of at least 4 members (excludes halogenated alkanes) is 9. The molecule has 10 heteroatoms. The molecule has 3 N–H and O–H groups in total. The van der Waals surface area contributed by atoms with E-state index in [0.29, 0.717) is 6.42 Å². The fourth-order valence-corrected chi connectivity index (χ4v) is 3.69. The molecule has 0 rings (SSSR count). The van der Waals surface area contributed by atoms with Gasteiger partial charge in [-0.25, -0.2) is 4.57 Å². The first-order valence-corrected chi connectivity index (χ1v) is 13.5. The highest BCUT2D eigenvalue weighted by atomic mass is 31.2. The number of carbonyl (C=O) groups is 2. The van der Waals surface area contributed by atoms with Gasteiger partial charge < -0.3 is 20.1 Å². The highest BCUT2D eigenvalue weighted by Crippen LogP contribution is 2.43. The van der Waals surface area contributed by atoms with Crippen molar-refractivity contribution in [3.8, 4) is 0 Å². The number of carbonyl (C=O) groups excluding carboxylic acids is 2. The van der Waals surface area contributed by atoms with Gasteiger partial charge in [0.1, 0.15) is 6.61 Å². The van der Waals surface area contributed by atoms with Crippen molar-refractivity contribution in [1.82, 2.24) is 0 Å². The molecule has 0 aliphatic carbocycles. The van der Waals surface area contributed by atoms with E-state index in [9.17, 15) is 19.0 Å². The highest BCUT2D eigenvalue weighted by molar-refractivity contribution is 7.47. The molecule has 0 saturated carbocycles. The van der Waals surface area contributed by atoms with Crippen molar-refractivity contribution < 1.29 is 37.6 Å². The van der Waals surface area contributed by atoms with E-state index in [-0.39, 0.29) is 32.6 Å². The maximum atomic E-state index is 12.2. The van der Waals surface area contributed by atoms with Gasteiger partial charge in [0.05, 0.1) is 13.2 Å². The second kappa shape index (κ2) is 20.6. The largest absolute Gasteiger partial charge is 0.472 e. The van der Waals surface area contributed by atoms with E-state index >= 15 is 0 Å². The van der Waals surface area contributed by atoms with E-state index in [1.807, 2.05) is 0 Å². The minimum atomic E-state index is -4.33. The highest BCUT2D eigenvalue weighted by Gasteiger charge is 2.25. The van der Waals surface area contributed by atoms with E-state index in [2.05, 4.69) is 18.4 Å². The van der Waals surface area contributed by atoms with E-state index in [1.54, 1.807) is 0 Å². The first kappa shape index (κ1) is 31.0. The summed E-state index contributed by atoms with van der Waals surface area (Å²) in [6.07, 6.45) is 10.7. The molecule has 0 aromatic carbocycles. The summed E-state index contributed by atoms with van der Waals surface area (Å²) >= 11 is 0. The van der Waals surface area contributed by atoms with Gasteiger partial charge in [-0.3, -0.25) is 18.6 Å². The average molecular weight is 482 g/mol. The van der Waals surface area contributed by atoms with Gasteiger partial charge in [0.2, 0.25) is 0 Å². The van der Waals surface area contributed by atoms with Crippen LogP contribution < -0.4 is 5.73 Å². The molecule has 0 radical (unpaired) electrons. The van der Waals surface area contributed by atoms with Gasteiger partial charge in [0.25, 0.3) is 0 Å². The quantitative estimate of drug-likeness (QED) is 0.129. The summed E-state index contributed by atoms with van der Waals surface area (Å²) in [6, 6.07) is 0. The zero-order chi connectivity index (χ0) is 24.1. The molecule has 1 unspecified atom stereocenters. The fraction of sp³-hybridized carbons (Fsp3) is 0.909. The lowest BCUT2D eigenvalue weighted by Crippen LogP contribution is -2.29. The molecule has 0 heterocycles. The summed E-state index contributed by atoms with van der Waals surface area (Å²) < 4.78 is 31.9. The predicted molar refractivity (Wildman–Crippen MR) is 123 cm³/mol. The van der Waals surface area contributed by atoms with Crippen LogP contribution in [0.2, 0.25) is 0 Å². The van der Waals surface area contributed by atoms with Crippen LogP contribution in [0.3, 0.4) is 0 Å². The molecular formula is C22H44NO8P. The van der Waals surface area contributed by atoms with Crippen LogP contribution in [0.1, 0.15) is 97.3 Å². The lowest BCUT2D eigenvalue weighted by atomic mass is 10.1. The number of esters is 2. The molecule has 32 heavy (non-hydrogen) atoms. The lowest BCUT2D eigenvalue weighted by Gasteiger charge is -2.19. The van der Waals surface area contributed by atoms with Crippen molar-refractivity contribution >= 4 is 19.8 Å². The summed E-state index contributed by atoms with van der Waals surface area (Å²) in [5.41, 5.74) is 5.25. The van der Waals surface area contributed by atoms with E-state index < -0.39 is 32.5 Å².